The first-order valence-electron chi connectivity index (χ1n) is 5.77. The van der Waals surface area contributed by atoms with E-state index in [1.807, 2.05) is 11.9 Å². The summed E-state index contributed by atoms with van der Waals surface area (Å²) in [6.45, 7) is 2.16. The highest BCUT2D eigenvalue weighted by Crippen LogP contribution is 2.44. The third-order valence-corrected chi connectivity index (χ3v) is 4.19. The number of piperidine rings is 1. The van der Waals surface area contributed by atoms with Gasteiger partial charge in [0, 0.05) is 7.11 Å². The smallest absolute Gasteiger partial charge is 0.182 e. The normalized spacial score (nSPS) is 29.5. The van der Waals surface area contributed by atoms with Crippen molar-refractivity contribution in [3.8, 4) is 0 Å². The Bertz CT molecular complexity index is 180. The zero-order chi connectivity index (χ0) is 10.0. The minimum Gasteiger partial charge on any atom is -0.381 e. The second-order valence-corrected chi connectivity index (χ2v) is 4.97. The molecule has 1 spiro atoms. The Kier molecular flexibility index (Phi) is 3.18. The SMILES string of the molecule is [B]N1CCC2(CCC(OC)CC2)CC1. The van der Waals surface area contributed by atoms with E-state index in [4.69, 9.17) is 12.7 Å². The Balaban J connectivity index is 1.86. The summed E-state index contributed by atoms with van der Waals surface area (Å²) in [7, 11) is 7.63. The summed E-state index contributed by atoms with van der Waals surface area (Å²) in [6.07, 6.45) is 8.30. The summed E-state index contributed by atoms with van der Waals surface area (Å²) < 4.78 is 5.41. The molecule has 14 heavy (non-hydrogen) atoms. The molecule has 0 bridgehead atoms. The zero-order valence-corrected chi connectivity index (χ0v) is 9.17. The van der Waals surface area contributed by atoms with Crippen LogP contribution in [0.15, 0.2) is 0 Å². The van der Waals surface area contributed by atoms with Crippen LogP contribution in [0.1, 0.15) is 38.5 Å². The highest BCUT2D eigenvalue weighted by Gasteiger charge is 2.36. The number of ether oxygens (including phenoxy) is 1. The van der Waals surface area contributed by atoms with Gasteiger partial charge in [-0.05, 0) is 57.0 Å². The second-order valence-electron chi connectivity index (χ2n) is 4.97. The molecule has 2 fully saturated rings. The second kappa shape index (κ2) is 4.24. The summed E-state index contributed by atoms with van der Waals surface area (Å²) in [6, 6.07) is 0. The van der Waals surface area contributed by atoms with Gasteiger partial charge in [-0.25, -0.2) is 0 Å². The first-order chi connectivity index (χ1) is 6.74. The molecule has 78 valence electrons. The maximum atomic E-state index is 5.79. The zero-order valence-electron chi connectivity index (χ0n) is 9.17. The van der Waals surface area contributed by atoms with Crippen LogP contribution in [0.2, 0.25) is 0 Å². The van der Waals surface area contributed by atoms with Gasteiger partial charge in [-0.3, -0.25) is 0 Å². The Hall–Kier alpha value is -0.0151. The predicted octanol–water partition coefficient (Wildman–Crippen LogP) is 1.74. The van der Waals surface area contributed by atoms with Gasteiger partial charge in [0.15, 0.2) is 7.98 Å². The molecule has 1 aliphatic carbocycles. The van der Waals surface area contributed by atoms with Crippen LogP contribution < -0.4 is 0 Å². The summed E-state index contributed by atoms with van der Waals surface area (Å²) in [5.74, 6) is 0. The minimum atomic E-state index is 0.525. The lowest BCUT2D eigenvalue weighted by molar-refractivity contribution is 0.00698. The first-order valence-corrected chi connectivity index (χ1v) is 5.77. The van der Waals surface area contributed by atoms with Crippen LogP contribution in [0.3, 0.4) is 0 Å². The molecule has 1 saturated carbocycles. The van der Waals surface area contributed by atoms with Crippen molar-refractivity contribution in [2.45, 2.75) is 44.6 Å². The van der Waals surface area contributed by atoms with Crippen LogP contribution in [0.25, 0.3) is 0 Å². The van der Waals surface area contributed by atoms with E-state index in [1.165, 1.54) is 38.5 Å². The van der Waals surface area contributed by atoms with Gasteiger partial charge in [-0.1, -0.05) is 0 Å². The lowest BCUT2D eigenvalue weighted by Gasteiger charge is -2.45. The summed E-state index contributed by atoms with van der Waals surface area (Å²) >= 11 is 0. The number of rotatable bonds is 1. The molecular weight excluding hydrogens is 173 g/mol. The van der Waals surface area contributed by atoms with Crippen molar-refractivity contribution in [1.82, 2.24) is 4.81 Å². The molecule has 2 rings (SSSR count). The average Bonchev–Trinajstić information content (AvgIpc) is 2.24. The molecule has 0 amide bonds. The van der Waals surface area contributed by atoms with Crippen molar-refractivity contribution < 1.29 is 4.74 Å². The Morgan fingerprint density at radius 1 is 1.14 bits per heavy atom. The minimum absolute atomic E-state index is 0.525. The third-order valence-electron chi connectivity index (χ3n) is 4.19. The van der Waals surface area contributed by atoms with Gasteiger partial charge >= 0.3 is 0 Å². The number of nitrogens with zero attached hydrogens (tertiary/aromatic N) is 1. The summed E-state index contributed by atoms with van der Waals surface area (Å²) in [4.78, 5) is 1.97. The van der Waals surface area contributed by atoms with E-state index in [1.54, 1.807) is 0 Å². The molecule has 0 aromatic heterocycles. The van der Waals surface area contributed by atoms with Crippen molar-refractivity contribution >= 4 is 7.98 Å². The van der Waals surface area contributed by atoms with E-state index in [2.05, 4.69) is 0 Å². The monoisotopic (exact) mass is 193 g/mol. The molecule has 0 N–H and O–H groups in total. The lowest BCUT2D eigenvalue weighted by Crippen LogP contribution is -2.41. The summed E-state index contributed by atoms with van der Waals surface area (Å²) in [5.41, 5.74) is 0.616. The van der Waals surface area contributed by atoms with E-state index < -0.39 is 0 Å². The van der Waals surface area contributed by atoms with Crippen molar-refractivity contribution in [2.24, 2.45) is 5.41 Å². The first kappa shape index (κ1) is 10.5. The maximum Gasteiger partial charge on any atom is 0.182 e. The van der Waals surface area contributed by atoms with E-state index >= 15 is 0 Å². The van der Waals surface area contributed by atoms with Gasteiger partial charge in [0.25, 0.3) is 0 Å². The Labute approximate surface area is 88.4 Å². The van der Waals surface area contributed by atoms with Crippen LogP contribution in [-0.2, 0) is 4.74 Å². The van der Waals surface area contributed by atoms with Crippen LogP contribution in [0.5, 0.6) is 0 Å². The molecule has 2 aliphatic rings. The van der Waals surface area contributed by atoms with E-state index in [9.17, 15) is 0 Å². The molecule has 1 heterocycles. The molecule has 0 aromatic carbocycles. The fourth-order valence-electron chi connectivity index (χ4n) is 2.94. The number of methoxy groups -OCH3 is 1. The molecule has 3 heteroatoms. The van der Waals surface area contributed by atoms with Gasteiger partial charge in [0.2, 0.25) is 0 Å². The fourth-order valence-corrected chi connectivity index (χ4v) is 2.94. The third kappa shape index (κ3) is 2.14. The highest BCUT2D eigenvalue weighted by atomic mass is 16.5. The molecular formula is C11H20BNO. The largest absolute Gasteiger partial charge is 0.381 e. The molecule has 2 nitrogen and oxygen atoms in total. The van der Waals surface area contributed by atoms with Gasteiger partial charge in [-0.2, -0.15) is 0 Å². The van der Waals surface area contributed by atoms with Crippen molar-refractivity contribution in [3.05, 3.63) is 0 Å². The quantitative estimate of drug-likeness (QED) is 0.588. The van der Waals surface area contributed by atoms with Crippen LogP contribution in [0, 0.1) is 5.41 Å². The Morgan fingerprint density at radius 2 is 1.71 bits per heavy atom. The van der Waals surface area contributed by atoms with E-state index in [-0.39, 0.29) is 0 Å². The Morgan fingerprint density at radius 3 is 2.21 bits per heavy atom. The average molecular weight is 193 g/mol. The van der Waals surface area contributed by atoms with Crippen molar-refractivity contribution in [2.75, 3.05) is 20.2 Å². The van der Waals surface area contributed by atoms with Crippen molar-refractivity contribution in [1.29, 1.82) is 0 Å². The predicted molar refractivity (Wildman–Crippen MR) is 58.3 cm³/mol. The van der Waals surface area contributed by atoms with Gasteiger partial charge in [0.1, 0.15) is 0 Å². The van der Waals surface area contributed by atoms with E-state index in [0.717, 1.165) is 13.1 Å². The lowest BCUT2D eigenvalue weighted by atomic mass is 9.67. The van der Waals surface area contributed by atoms with Crippen molar-refractivity contribution in [3.63, 3.8) is 0 Å². The van der Waals surface area contributed by atoms with Crippen LogP contribution in [-0.4, -0.2) is 39.1 Å². The molecule has 1 saturated heterocycles. The molecule has 1 aliphatic heterocycles. The molecule has 2 radical (unpaired) electrons. The fraction of sp³-hybridized carbons (Fsp3) is 1.00. The maximum absolute atomic E-state index is 5.79. The molecule has 0 aromatic rings. The van der Waals surface area contributed by atoms with Crippen LogP contribution >= 0.6 is 0 Å². The van der Waals surface area contributed by atoms with Crippen LogP contribution in [0.4, 0.5) is 0 Å². The number of hydrogen-bond acceptors (Lipinski definition) is 2. The van der Waals surface area contributed by atoms with Gasteiger partial charge < -0.3 is 9.55 Å². The topological polar surface area (TPSA) is 12.5 Å². The molecule has 0 unspecified atom stereocenters. The van der Waals surface area contributed by atoms with E-state index in [0.29, 0.717) is 11.5 Å². The summed E-state index contributed by atoms with van der Waals surface area (Å²) in [5, 5.41) is 0. The molecule has 0 atom stereocenters. The van der Waals surface area contributed by atoms with Gasteiger partial charge in [-0.15, -0.1) is 0 Å². The highest BCUT2D eigenvalue weighted by molar-refractivity contribution is 6.04. The standard InChI is InChI=1S/C11H20BNO/c1-14-10-2-4-11(5-3-10)6-8-13(12)9-7-11/h10H,2-9H2,1H3. The van der Waals surface area contributed by atoms with Gasteiger partial charge in [0.05, 0.1) is 6.10 Å². The number of hydrogen-bond donors (Lipinski definition) is 0.